The lowest BCUT2D eigenvalue weighted by Crippen LogP contribution is -2.37. The Bertz CT molecular complexity index is 657. The highest BCUT2D eigenvalue weighted by Gasteiger charge is 2.23. The first-order valence-electron chi connectivity index (χ1n) is 7.45. The van der Waals surface area contributed by atoms with Crippen molar-refractivity contribution in [2.24, 2.45) is 0 Å². The number of thiophene rings is 1. The first-order valence-corrected chi connectivity index (χ1v) is 8.40. The van der Waals surface area contributed by atoms with Gasteiger partial charge in [-0.15, -0.1) is 0 Å². The SMILES string of the molecule is C[C@@H](CCNC(=O)N1Cc2ccc(F)cc2C1)c1ccsc1. The van der Waals surface area contributed by atoms with Gasteiger partial charge in [0, 0.05) is 19.6 Å². The van der Waals surface area contributed by atoms with Gasteiger partial charge in [0.1, 0.15) is 5.82 Å². The van der Waals surface area contributed by atoms with Gasteiger partial charge in [-0.1, -0.05) is 13.0 Å². The number of nitrogens with one attached hydrogen (secondary N) is 1. The summed E-state index contributed by atoms with van der Waals surface area (Å²) in [5, 5.41) is 7.19. The fraction of sp³-hybridized carbons (Fsp3) is 0.353. The molecule has 0 saturated carbocycles. The van der Waals surface area contributed by atoms with E-state index in [9.17, 15) is 9.18 Å². The van der Waals surface area contributed by atoms with Crippen molar-refractivity contribution in [1.82, 2.24) is 10.2 Å². The molecule has 0 unspecified atom stereocenters. The van der Waals surface area contributed by atoms with Gasteiger partial charge >= 0.3 is 6.03 Å². The minimum atomic E-state index is -0.245. The Morgan fingerprint density at radius 2 is 2.18 bits per heavy atom. The van der Waals surface area contributed by atoms with Crippen molar-refractivity contribution >= 4 is 17.4 Å². The van der Waals surface area contributed by atoms with E-state index in [0.29, 0.717) is 25.6 Å². The lowest BCUT2D eigenvalue weighted by Gasteiger charge is -2.17. The highest BCUT2D eigenvalue weighted by molar-refractivity contribution is 7.07. The van der Waals surface area contributed by atoms with Crippen LogP contribution >= 0.6 is 11.3 Å². The molecule has 0 radical (unpaired) electrons. The summed E-state index contributed by atoms with van der Waals surface area (Å²) >= 11 is 1.70. The largest absolute Gasteiger partial charge is 0.338 e. The van der Waals surface area contributed by atoms with Gasteiger partial charge in [0.15, 0.2) is 0 Å². The van der Waals surface area contributed by atoms with Crippen molar-refractivity contribution in [2.45, 2.75) is 32.4 Å². The predicted molar refractivity (Wildman–Crippen MR) is 86.4 cm³/mol. The Morgan fingerprint density at radius 1 is 1.36 bits per heavy atom. The zero-order valence-corrected chi connectivity index (χ0v) is 13.3. The van der Waals surface area contributed by atoms with E-state index < -0.39 is 0 Å². The van der Waals surface area contributed by atoms with E-state index in [0.717, 1.165) is 17.5 Å². The van der Waals surface area contributed by atoms with Crippen LogP contribution in [-0.2, 0) is 13.1 Å². The molecule has 0 bridgehead atoms. The molecule has 5 heteroatoms. The topological polar surface area (TPSA) is 32.3 Å². The van der Waals surface area contributed by atoms with Gasteiger partial charge in [-0.3, -0.25) is 0 Å². The molecule has 0 spiro atoms. The summed E-state index contributed by atoms with van der Waals surface area (Å²) < 4.78 is 13.2. The van der Waals surface area contributed by atoms with Crippen LogP contribution in [0.5, 0.6) is 0 Å². The molecule has 1 N–H and O–H groups in total. The maximum Gasteiger partial charge on any atom is 0.318 e. The van der Waals surface area contributed by atoms with Crippen LogP contribution in [-0.4, -0.2) is 17.5 Å². The summed E-state index contributed by atoms with van der Waals surface area (Å²) in [5.41, 5.74) is 3.26. The molecule has 0 fully saturated rings. The smallest absolute Gasteiger partial charge is 0.318 e. The van der Waals surface area contributed by atoms with Gasteiger partial charge in [0.2, 0.25) is 0 Å². The summed E-state index contributed by atoms with van der Waals surface area (Å²) in [5.74, 6) is 0.196. The molecular formula is C17H19FN2OS. The van der Waals surface area contributed by atoms with E-state index in [1.54, 1.807) is 22.3 Å². The first kappa shape index (κ1) is 15.0. The average Bonchev–Trinajstić information content (AvgIpc) is 3.15. The minimum Gasteiger partial charge on any atom is -0.338 e. The number of nitrogens with zero attached hydrogens (tertiary/aromatic N) is 1. The zero-order chi connectivity index (χ0) is 15.5. The molecule has 1 atom stereocenters. The second-order valence-electron chi connectivity index (χ2n) is 5.75. The zero-order valence-electron chi connectivity index (χ0n) is 12.5. The number of rotatable bonds is 4. The van der Waals surface area contributed by atoms with Crippen LogP contribution in [0.25, 0.3) is 0 Å². The number of amides is 2. The molecule has 3 nitrogen and oxygen atoms in total. The standard InChI is InChI=1S/C17H19FN2OS/c1-12(14-5-7-22-11-14)4-6-19-17(21)20-9-13-2-3-16(18)8-15(13)10-20/h2-3,5,7-8,11-12H,4,6,9-10H2,1H3,(H,19,21)/t12-/m0/s1. The van der Waals surface area contributed by atoms with Crippen molar-refractivity contribution in [2.75, 3.05) is 6.54 Å². The Balaban J connectivity index is 1.47. The molecule has 0 saturated heterocycles. The summed E-state index contributed by atoms with van der Waals surface area (Å²) in [7, 11) is 0. The number of urea groups is 1. The van der Waals surface area contributed by atoms with Gasteiger partial charge in [0.25, 0.3) is 0 Å². The molecule has 1 aromatic carbocycles. The maximum atomic E-state index is 13.2. The summed E-state index contributed by atoms with van der Waals surface area (Å²) in [4.78, 5) is 13.9. The lowest BCUT2D eigenvalue weighted by atomic mass is 10.0. The molecule has 1 aliphatic rings. The number of fused-ring (bicyclic) bond motifs is 1. The molecule has 1 aromatic heterocycles. The second kappa shape index (κ2) is 6.48. The number of benzene rings is 1. The van der Waals surface area contributed by atoms with Gasteiger partial charge < -0.3 is 10.2 Å². The van der Waals surface area contributed by atoms with E-state index in [-0.39, 0.29) is 11.8 Å². The molecule has 22 heavy (non-hydrogen) atoms. The Morgan fingerprint density at radius 3 is 2.95 bits per heavy atom. The second-order valence-corrected chi connectivity index (χ2v) is 6.53. The van der Waals surface area contributed by atoms with Crippen LogP contribution in [0.4, 0.5) is 9.18 Å². The van der Waals surface area contributed by atoms with Crippen LogP contribution in [0.2, 0.25) is 0 Å². The third kappa shape index (κ3) is 3.30. The van der Waals surface area contributed by atoms with Gasteiger partial charge in [0.05, 0.1) is 0 Å². The van der Waals surface area contributed by atoms with E-state index in [1.165, 1.54) is 17.7 Å². The molecule has 116 valence electrons. The van der Waals surface area contributed by atoms with Gasteiger partial charge in [-0.2, -0.15) is 11.3 Å². The maximum absolute atomic E-state index is 13.2. The van der Waals surface area contributed by atoms with E-state index in [2.05, 4.69) is 29.1 Å². The Hall–Kier alpha value is -1.88. The minimum absolute atomic E-state index is 0.0749. The van der Waals surface area contributed by atoms with E-state index >= 15 is 0 Å². The van der Waals surface area contributed by atoms with Crippen LogP contribution in [0.1, 0.15) is 36.0 Å². The average molecular weight is 318 g/mol. The number of carbonyl (C=O) groups is 1. The van der Waals surface area contributed by atoms with Crippen LogP contribution in [0, 0.1) is 5.82 Å². The van der Waals surface area contributed by atoms with Crippen molar-refractivity contribution in [3.05, 3.63) is 57.5 Å². The number of hydrogen-bond donors (Lipinski definition) is 1. The highest BCUT2D eigenvalue weighted by atomic mass is 32.1. The molecule has 2 amide bonds. The molecule has 0 aliphatic carbocycles. The quantitative estimate of drug-likeness (QED) is 0.904. The summed E-state index contributed by atoms with van der Waals surface area (Å²) in [6.45, 7) is 3.86. The molecule has 2 aromatic rings. The molecular weight excluding hydrogens is 299 g/mol. The summed E-state index contributed by atoms with van der Waals surface area (Å²) in [6, 6.07) is 6.78. The van der Waals surface area contributed by atoms with Crippen LogP contribution < -0.4 is 5.32 Å². The van der Waals surface area contributed by atoms with Gasteiger partial charge in [-0.05, 0) is 58.0 Å². The fourth-order valence-corrected chi connectivity index (χ4v) is 3.52. The molecule has 3 rings (SSSR count). The fourth-order valence-electron chi connectivity index (χ4n) is 2.74. The highest BCUT2D eigenvalue weighted by Crippen LogP contribution is 2.24. The predicted octanol–water partition coefficient (Wildman–Crippen LogP) is 4.11. The van der Waals surface area contributed by atoms with Crippen LogP contribution in [0.3, 0.4) is 0 Å². The molecule has 1 aliphatic heterocycles. The van der Waals surface area contributed by atoms with Crippen molar-refractivity contribution in [3.63, 3.8) is 0 Å². The Labute approximate surface area is 133 Å². The normalized spacial score (nSPS) is 14.7. The number of carbonyl (C=O) groups excluding carboxylic acids is 1. The van der Waals surface area contributed by atoms with Crippen molar-refractivity contribution in [3.8, 4) is 0 Å². The van der Waals surface area contributed by atoms with Crippen LogP contribution in [0.15, 0.2) is 35.0 Å². The molecule has 2 heterocycles. The number of hydrogen-bond acceptors (Lipinski definition) is 2. The van der Waals surface area contributed by atoms with E-state index in [1.807, 2.05) is 0 Å². The number of halogens is 1. The van der Waals surface area contributed by atoms with Gasteiger partial charge in [-0.25, -0.2) is 9.18 Å². The van der Waals surface area contributed by atoms with Crippen molar-refractivity contribution in [1.29, 1.82) is 0 Å². The first-order chi connectivity index (χ1) is 10.6. The van der Waals surface area contributed by atoms with E-state index in [4.69, 9.17) is 0 Å². The van der Waals surface area contributed by atoms with Crippen molar-refractivity contribution < 1.29 is 9.18 Å². The monoisotopic (exact) mass is 318 g/mol. The Kier molecular flexibility index (Phi) is 4.43. The third-order valence-corrected chi connectivity index (χ3v) is 4.85. The summed E-state index contributed by atoms with van der Waals surface area (Å²) in [6.07, 6.45) is 0.915. The lowest BCUT2D eigenvalue weighted by molar-refractivity contribution is 0.198. The third-order valence-electron chi connectivity index (χ3n) is 4.14.